The Hall–Kier alpha value is -2.14. The van der Waals surface area contributed by atoms with E-state index in [4.69, 9.17) is 11.6 Å². The predicted octanol–water partition coefficient (Wildman–Crippen LogP) is 3.54. The van der Waals surface area contributed by atoms with Crippen molar-refractivity contribution in [2.24, 2.45) is 0 Å². The Morgan fingerprint density at radius 3 is 2.95 bits per heavy atom. The van der Waals surface area contributed by atoms with E-state index in [1.54, 1.807) is 24.7 Å². The monoisotopic (exact) mass is 316 g/mol. The molecule has 1 N–H and O–H groups in total. The van der Waals surface area contributed by atoms with Gasteiger partial charge < -0.3 is 10.2 Å². The van der Waals surface area contributed by atoms with Crippen LogP contribution in [0, 0.1) is 0 Å². The fourth-order valence-electron chi connectivity index (χ4n) is 2.70. The average molecular weight is 317 g/mol. The number of nitrogens with one attached hydrogen (secondary N) is 1. The summed E-state index contributed by atoms with van der Waals surface area (Å²) in [7, 11) is 0. The summed E-state index contributed by atoms with van der Waals surface area (Å²) in [6, 6.07) is 9.04. The van der Waals surface area contributed by atoms with Crippen molar-refractivity contribution in [1.29, 1.82) is 0 Å². The van der Waals surface area contributed by atoms with Gasteiger partial charge >= 0.3 is 6.03 Å². The minimum atomic E-state index is -0.119. The lowest BCUT2D eigenvalue weighted by molar-refractivity contribution is 0.192. The van der Waals surface area contributed by atoms with E-state index in [1.165, 1.54) is 0 Å². The number of likely N-dealkylation sites (tertiary alicyclic amines) is 1. The molecule has 114 valence electrons. The average Bonchev–Trinajstić information content (AvgIpc) is 2.58. The molecule has 0 aliphatic carbocycles. The van der Waals surface area contributed by atoms with Crippen LogP contribution in [0.5, 0.6) is 0 Å². The van der Waals surface area contributed by atoms with Gasteiger partial charge in [0.25, 0.3) is 0 Å². The highest BCUT2D eigenvalue weighted by molar-refractivity contribution is 6.33. The van der Waals surface area contributed by atoms with E-state index < -0.39 is 0 Å². The zero-order valence-corrected chi connectivity index (χ0v) is 12.8. The molecule has 6 heteroatoms. The van der Waals surface area contributed by atoms with E-state index in [9.17, 15) is 4.79 Å². The molecule has 1 fully saturated rings. The van der Waals surface area contributed by atoms with Crippen LogP contribution in [-0.2, 0) is 0 Å². The molecule has 1 saturated heterocycles. The van der Waals surface area contributed by atoms with Gasteiger partial charge in [-0.15, -0.1) is 0 Å². The number of carbonyl (C=O) groups excluding carboxylic acids is 1. The third-order valence-electron chi connectivity index (χ3n) is 3.85. The lowest BCUT2D eigenvalue weighted by Gasteiger charge is -2.32. The molecule has 22 heavy (non-hydrogen) atoms. The summed E-state index contributed by atoms with van der Waals surface area (Å²) in [5.74, 6) is 0.258. The second-order valence-electron chi connectivity index (χ2n) is 5.33. The number of urea groups is 1. The molecule has 1 atom stereocenters. The Morgan fingerprint density at radius 1 is 1.32 bits per heavy atom. The van der Waals surface area contributed by atoms with Crippen molar-refractivity contribution in [2.45, 2.75) is 18.8 Å². The first-order valence-electron chi connectivity index (χ1n) is 7.30. The Morgan fingerprint density at radius 2 is 2.18 bits per heavy atom. The van der Waals surface area contributed by atoms with Crippen LogP contribution in [0.3, 0.4) is 0 Å². The van der Waals surface area contributed by atoms with Crippen molar-refractivity contribution in [3.05, 3.63) is 53.6 Å². The highest BCUT2D eigenvalue weighted by atomic mass is 35.5. The van der Waals surface area contributed by atoms with Crippen LogP contribution in [-0.4, -0.2) is 34.0 Å². The molecule has 2 heterocycles. The van der Waals surface area contributed by atoms with Crippen molar-refractivity contribution in [1.82, 2.24) is 14.9 Å². The molecular weight excluding hydrogens is 300 g/mol. The van der Waals surface area contributed by atoms with Crippen LogP contribution in [0.1, 0.15) is 24.5 Å². The van der Waals surface area contributed by atoms with Gasteiger partial charge in [-0.25, -0.2) is 14.8 Å². The topological polar surface area (TPSA) is 58.1 Å². The van der Waals surface area contributed by atoms with Crippen LogP contribution in [0.25, 0.3) is 0 Å². The molecule has 0 spiro atoms. The second kappa shape index (κ2) is 6.75. The molecule has 0 radical (unpaired) electrons. The van der Waals surface area contributed by atoms with Crippen molar-refractivity contribution >= 4 is 23.3 Å². The lowest BCUT2D eigenvalue weighted by Crippen LogP contribution is -2.41. The highest BCUT2D eigenvalue weighted by Gasteiger charge is 2.25. The van der Waals surface area contributed by atoms with Crippen LogP contribution in [0.2, 0.25) is 5.02 Å². The molecule has 2 amide bonds. The van der Waals surface area contributed by atoms with Crippen LogP contribution in [0.15, 0.2) is 42.9 Å². The summed E-state index contributed by atoms with van der Waals surface area (Å²) in [6.07, 6.45) is 5.29. The number of para-hydroxylation sites is 1. The molecule has 1 aromatic heterocycles. The summed E-state index contributed by atoms with van der Waals surface area (Å²) in [4.78, 5) is 22.5. The van der Waals surface area contributed by atoms with E-state index >= 15 is 0 Å². The smallest absolute Gasteiger partial charge is 0.321 e. The van der Waals surface area contributed by atoms with E-state index in [1.807, 2.05) is 23.1 Å². The minimum Gasteiger partial charge on any atom is -0.324 e. The molecule has 1 aliphatic heterocycles. The lowest BCUT2D eigenvalue weighted by atomic mass is 9.95. The largest absolute Gasteiger partial charge is 0.324 e. The number of amides is 2. The molecule has 0 saturated carbocycles. The maximum atomic E-state index is 12.4. The van der Waals surface area contributed by atoms with Gasteiger partial charge in [-0.1, -0.05) is 23.7 Å². The highest BCUT2D eigenvalue weighted by Crippen LogP contribution is 2.26. The van der Waals surface area contributed by atoms with Gasteiger partial charge in [0, 0.05) is 30.9 Å². The number of hydrogen-bond donors (Lipinski definition) is 1. The number of anilines is 1. The number of rotatable bonds is 2. The molecule has 5 nitrogen and oxygen atoms in total. The summed E-state index contributed by atoms with van der Waals surface area (Å²) < 4.78 is 0. The SMILES string of the molecule is O=C(Nc1ccccc1Cl)N1CCC[C@@H](c2ccncn2)C1. The Labute approximate surface area is 134 Å². The summed E-state index contributed by atoms with van der Waals surface area (Å²) >= 11 is 6.08. The van der Waals surface area contributed by atoms with Crippen molar-refractivity contribution in [3.8, 4) is 0 Å². The first kappa shape index (κ1) is 14.8. The second-order valence-corrected chi connectivity index (χ2v) is 5.74. The summed E-state index contributed by atoms with van der Waals surface area (Å²) in [5, 5.41) is 3.42. The van der Waals surface area contributed by atoms with Crippen LogP contribution in [0.4, 0.5) is 10.5 Å². The van der Waals surface area contributed by atoms with Gasteiger partial charge in [0.1, 0.15) is 6.33 Å². The Kier molecular flexibility index (Phi) is 4.53. The minimum absolute atomic E-state index is 0.119. The fourth-order valence-corrected chi connectivity index (χ4v) is 2.89. The molecule has 0 unspecified atom stereocenters. The molecule has 2 aromatic rings. The Balaban J connectivity index is 1.67. The van der Waals surface area contributed by atoms with Crippen molar-refractivity contribution in [2.75, 3.05) is 18.4 Å². The van der Waals surface area contributed by atoms with Crippen LogP contribution < -0.4 is 5.32 Å². The molecule has 1 aromatic carbocycles. The number of carbonyl (C=O) groups is 1. The molecule has 1 aliphatic rings. The fraction of sp³-hybridized carbons (Fsp3) is 0.312. The first-order valence-corrected chi connectivity index (χ1v) is 7.68. The van der Waals surface area contributed by atoms with E-state index in [0.717, 1.165) is 25.1 Å². The zero-order valence-electron chi connectivity index (χ0n) is 12.1. The number of aromatic nitrogens is 2. The van der Waals surface area contributed by atoms with Crippen LogP contribution >= 0.6 is 11.6 Å². The van der Waals surface area contributed by atoms with Gasteiger partial charge in [-0.3, -0.25) is 0 Å². The van der Waals surface area contributed by atoms with Crippen molar-refractivity contribution in [3.63, 3.8) is 0 Å². The predicted molar refractivity (Wildman–Crippen MR) is 86.1 cm³/mol. The third kappa shape index (κ3) is 3.36. The normalized spacial score (nSPS) is 18.0. The molecule has 3 rings (SSSR count). The van der Waals surface area contributed by atoms with E-state index in [0.29, 0.717) is 17.3 Å². The number of benzene rings is 1. The summed E-state index contributed by atoms with van der Waals surface area (Å²) in [5.41, 5.74) is 1.63. The van der Waals surface area contributed by atoms with Gasteiger partial charge in [0.2, 0.25) is 0 Å². The number of hydrogen-bond acceptors (Lipinski definition) is 3. The van der Waals surface area contributed by atoms with E-state index in [-0.39, 0.29) is 11.9 Å². The maximum absolute atomic E-state index is 12.4. The molecule has 0 bridgehead atoms. The van der Waals surface area contributed by atoms with Gasteiger partial charge in [0.05, 0.1) is 10.7 Å². The third-order valence-corrected chi connectivity index (χ3v) is 4.18. The molecular formula is C16H17ClN4O. The number of halogens is 1. The Bertz CT molecular complexity index is 650. The van der Waals surface area contributed by atoms with Crippen molar-refractivity contribution < 1.29 is 4.79 Å². The maximum Gasteiger partial charge on any atom is 0.321 e. The van der Waals surface area contributed by atoms with Gasteiger partial charge in [-0.2, -0.15) is 0 Å². The summed E-state index contributed by atoms with van der Waals surface area (Å²) in [6.45, 7) is 1.41. The van der Waals surface area contributed by atoms with E-state index in [2.05, 4.69) is 15.3 Å². The van der Waals surface area contributed by atoms with Gasteiger partial charge in [0.15, 0.2) is 0 Å². The zero-order chi connectivity index (χ0) is 15.4. The first-order chi connectivity index (χ1) is 10.7. The number of nitrogens with zero attached hydrogens (tertiary/aromatic N) is 3. The van der Waals surface area contributed by atoms with Gasteiger partial charge in [-0.05, 0) is 31.0 Å². The number of piperidine rings is 1. The standard InChI is InChI=1S/C16H17ClN4O/c17-13-5-1-2-6-15(13)20-16(22)21-9-3-4-12(10-21)14-7-8-18-11-19-14/h1-2,5-8,11-12H,3-4,9-10H2,(H,20,22)/t12-/m1/s1. The quantitative estimate of drug-likeness (QED) is 0.922.